The first-order chi connectivity index (χ1) is 10.2. The summed E-state index contributed by atoms with van der Waals surface area (Å²) >= 11 is 2.22. The van der Waals surface area contributed by atoms with Gasteiger partial charge in [-0.05, 0) is 51.1 Å². The third-order valence-electron chi connectivity index (χ3n) is 3.38. The highest BCUT2D eigenvalue weighted by Gasteiger charge is 2.08. The molecule has 0 bridgehead atoms. The van der Waals surface area contributed by atoms with Crippen molar-refractivity contribution in [3.63, 3.8) is 0 Å². The van der Waals surface area contributed by atoms with Crippen LogP contribution in [0.3, 0.4) is 0 Å². The van der Waals surface area contributed by atoms with Gasteiger partial charge in [-0.2, -0.15) is 0 Å². The van der Waals surface area contributed by atoms with Gasteiger partial charge in [0.2, 0.25) is 5.91 Å². The van der Waals surface area contributed by atoms with E-state index in [4.69, 9.17) is 0 Å². The third kappa shape index (κ3) is 3.24. The average Bonchev–Trinajstić information content (AvgIpc) is 2.50. The number of amides is 1. The maximum absolute atomic E-state index is 12.3. The molecule has 0 saturated carbocycles. The molecular formula is C18H14INO. The van der Waals surface area contributed by atoms with E-state index in [1.807, 2.05) is 48.5 Å². The van der Waals surface area contributed by atoms with Gasteiger partial charge in [-0.15, -0.1) is 0 Å². The molecule has 0 saturated heterocycles. The van der Waals surface area contributed by atoms with Gasteiger partial charge in [-0.25, -0.2) is 0 Å². The van der Waals surface area contributed by atoms with Crippen LogP contribution in [-0.2, 0) is 11.2 Å². The summed E-state index contributed by atoms with van der Waals surface area (Å²) in [5.41, 5.74) is 1.92. The SMILES string of the molecule is O=C(Cc1cccc2ccccc12)Nc1ccccc1I. The summed E-state index contributed by atoms with van der Waals surface area (Å²) in [6.45, 7) is 0. The summed E-state index contributed by atoms with van der Waals surface area (Å²) in [7, 11) is 0. The summed E-state index contributed by atoms with van der Waals surface area (Å²) in [6.07, 6.45) is 0.381. The molecule has 0 spiro atoms. The number of fused-ring (bicyclic) bond motifs is 1. The van der Waals surface area contributed by atoms with Crippen molar-refractivity contribution in [3.05, 3.63) is 75.9 Å². The Labute approximate surface area is 137 Å². The van der Waals surface area contributed by atoms with Crippen LogP contribution < -0.4 is 5.32 Å². The van der Waals surface area contributed by atoms with Crippen molar-refractivity contribution >= 4 is 45.0 Å². The zero-order valence-corrected chi connectivity index (χ0v) is 13.5. The van der Waals surface area contributed by atoms with Gasteiger partial charge in [0.05, 0.1) is 12.1 Å². The zero-order valence-electron chi connectivity index (χ0n) is 11.3. The van der Waals surface area contributed by atoms with Crippen molar-refractivity contribution in [1.82, 2.24) is 0 Å². The lowest BCUT2D eigenvalue weighted by Gasteiger charge is -2.09. The lowest BCUT2D eigenvalue weighted by molar-refractivity contribution is -0.115. The maximum atomic E-state index is 12.3. The van der Waals surface area contributed by atoms with Gasteiger partial charge in [0, 0.05) is 3.57 Å². The fourth-order valence-electron chi connectivity index (χ4n) is 2.38. The molecule has 0 aliphatic heterocycles. The Morgan fingerprint density at radius 2 is 1.62 bits per heavy atom. The maximum Gasteiger partial charge on any atom is 0.228 e. The van der Waals surface area contributed by atoms with E-state index < -0.39 is 0 Å². The van der Waals surface area contributed by atoms with Gasteiger partial charge >= 0.3 is 0 Å². The zero-order chi connectivity index (χ0) is 14.7. The molecular weight excluding hydrogens is 373 g/mol. The predicted molar refractivity (Wildman–Crippen MR) is 95.4 cm³/mol. The molecule has 3 aromatic carbocycles. The fourth-order valence-corrected chi connectivity index (χ4v) is 2.90. The first-order valence-electron chi connectivity index (χ1n) is 6.75. The first kappa shape index (κ1) is 14.1. The second-order valence-corrected chi connectivity index (χ2v) is 6.01. The average molecular weight is 387 g/mol. The number of benzene rings is 3. The van der Waals surface area contributed by atoms with Crippen LogP contribution in [0.2, 0.25) is 0 Å². The summed E-state index contributed by atoms with van der Waals surface area (Å²) in [6, 6.07) is 22.0. The number of anilines is 1. The van der Waals surface area contributed by atoms with Crippen LogP contribution in [0.25, 0.3) is 10.8 Å². The highest BCUT2D eigenvalue weighted by molar-refractivity contribution is 14.1. The van der Waals surface area contributed by atoms with E-state index in [9.17, 15) is 4.79 Å². The molecule has 0 aliphatic carbocycles. The quantitative estimate of drug-likeness (QED) is 0.653. The molecule has 21 heavy (non-hydrogen) atoms. The largest absolute Gasteiger partial charge is 0.325 e. The minimum Gasteiger partial charge on any atom is -0.325 e. The minimum absolute atomic E-state index is 0.00969. The van der Waals surface area contributed by atoms with E-state index in [0.717, 1.165) is 25.6 Å². The highest BCUT2D eigenvalue weighted by atomic mass is 127. The van der Waals surface area contributed by atoms with Gasteiger partial charge in [0.15, 0.2) is 0 Å². The third-order valence-corrected chi connectivity index (χ3v) is 4.32. The van der Waals surface area contributed by atoms with E-state index in [1.54, 1.807) is 0 Å². The van der Waals surface area contributed by atoms with Crippen molar-refractivity contribution in [2.75, 3.05) is 5.32 Å². The molecule has 3 aromatic rings. The smallest absolute Gasteiger partial charge is 0.228 e. The first-order valence-corrected chi connectivity index (χ1v) is 7.83. The number of para-hydroxylation sites is 1. The number of carbonyl (C=O) groups is 1. The molecule has 1 amide bonds. The molecule has 3 rings (SSSR count). The van der Waals surface area contributed by atoms with Gasteiger partial charge in [0.1, 0.15) is 0 Å². The predicted octanol–water partition coefficient (Wildman–Crippen LogP) is 4.63. The van der Waals surface area contributed by atoms with Crippen molar-refractivity contribution in [1.29, 1.82) is 0 Å². The second kappa shape index (κ2) is 6.26. The van der Waals surface area contributed by atoms with Crippen molar-refractivity contribution in [2.24, 2.45) is 0 Å². The Bertz CT molecular complexity index is 793. The monoisotopic (exact) mass is 387 g/mol. The molecule has 0 aromatic heterocycles. The molecule has 0 fully saturated rings. The lowest BCUT2D eigenvalue weighted by atomic mass is 10.0. The summed E-state index contributed by atoms with van der Waals surface area (Å²) in [4.78, 5) is 12.3. The molecule has 0 aliphatic rings. The molecule has 2 nitrogen and oxygen atoms in total. The van der Waals surface area contributed by atoms with Crippen LogP contribution in [-0.4, -0.2) is 5.91 Å². The number of halogens is 1. The van der Waals surface area contributed by atoms with E-state index in [0.29, 0.717) is 6.42 Å². The van der Waals surface area contributed by atoms with Crippen molar-refractivity contribution in [3.8, 4) is 0 Å². The number of rotatable bonds is 3. The summed E-state index contributed by atoms with van der Waals surface area (Å²) in [5, 5.41) is 5.28. The van der Waals surface area contributed by atoms with Crippen LogP contribution in [0.15, 0.2) is 66.7 Å². The van der Waals surface area contributed by atoms with E-state index in [-0.39, 0.29) is 5.91 Å². The van der Waals surface area contributed by atoms with E-state index in [1.165, 1.54) is 0 Å². The molecule has 0 heterocycles. The number of hydrogen-bond acceptors (Lipinski definition) is 1. The molecule has 0 atom stereocenters. The number of nitrogens with one attached hydrogen (secondary N) is 1. The topological polar surface area (TPSA) is 29.1 Å². The summed E-state index contributed by atoms with van der Waals surface area (Å²) < 4.78 is 1.04. The standard InChI is InChI=1S/C18H14INO/c19-16-10-3-4-11-17(16)20-18(21)12-14-8-5-7-13-6-1-2-9-15(13)14/h1-11H,12H2,(H,20,21). The molecule has 0 unspecified atom stereocenters. The Morgan fingerprint density at radius 3 is 2.48 bits per heavy atom. The van der Waals surface area contributed by atoms with Crippen molar-refractivity contribution < 1.29 is 4.79 Å². The molecule has 1 N–H and O–H groups in total. The Morgan fingerprint density at radius 1 is 0.905 bits per heavy atom. The number of hydrogen-bond donors (Lipinski definition) is 1. The van der Waals surface area contributed by atoms with Crippen LogP contribution in [0.4, 0.5) is 5.69 Å². The van der Waals surface area contributed by atoms with Gasteiger partial charge in [-0.3, -0.25) is 4.79 Å². The normalized spacial score (nSPS) is 10.5. The van der Waals surface area contributed by atoms with Crippen molar-refractivity contribution in [2.45, 2.75) is 6.42 Å². The van der Waals surface area contributed by atoms with Crippen LogP contribution in [0.5, 0.6) is 0 Å². The van der Waals surface area contributed by atoms with Gasteiger partial charge < -0.3 is 5.32 Å². The van der Waals surface area contributed by atoms with E-state index >= 15 is 0 Å². The molecule has 104 valence electrons. The Balaban J connectivity index is 1.82. The molecule has 3 heteroatoms. The Kier molecular flexibility index (Phi) is 4.20. The van der Waals surface area contributed by atoms with Crippen LogP contribution >= 0.6 is 22.6 Å². The highest BCUT2D eigenvalue weighted by Crippen LogP contribution is 2.20. The van der Waals surface area contributed by atoms with E-state index in [2.05, 4.69) is 46.1 Å². The van der Waals surface area contributed by atoms with Crippen LogP contribution in [0.1, 0.15) is 5.56 Å². The van der Waals surface area contributed by atoms with Gasteiger partial charge in [-0.1, -0.05) is 54.6 Å². The molecule has 0 radical (unpaired) electrons. The fraction of sp³-hybridized carbons (Fsp3) is 0.0556. The summed E-state index contributed by atoms with van der Waals surface area (Å²) in [5.74, 6) is 0.00969. The second-order valence-electron chi connectivity index (χ2n) is 4.84. The Hall–Kier alpha value is -1.88. The minimum atomic E-state index is 0.00969. The number of carbonyl (C=O) groups excluding carboxylic acids is 1. The van der Waals surface area contributed by atoms with Gasteiger partial charge in [0.25, 0.3) is 0 Å². The van der Waals surface area contributed by atoms with Crippen LogP contribution in [0, 0.1) is 3.57 Å². The lowest BCUT2D eigenvalue weighted by Crippen LogP contribution is -2.15.